The molecule has 1 aliphatic heterocycles. The molecule has 1 atom stereocenters. The van der Waals surface area contributed by atoms with E-state index in [1.807, 2.05) is 0 Å². The highest BCUT2D eigenvalue weighted by atomic mass is 16.4. The van der Waals surface area contributed by atoms with Crippen LogP contribution in [0.25, 0.3) is 0 Å². The summed E-state index contributed by atoms with van der Waals surface area (Å²) in [6, 6.07) is 0.645. The minimum atomic E-state index is -1.32. The molecule has 0 bridgehead atoms. The van der Waals surface area contributed by atoms with Crippen LogP contribution in [0.4, 0.5) is 0 Å². The largest absolute Gasteiger partial charge is 0.480 e. The highest BCUT2D eigenvalue weighted by molar-refractivity contribution is 6.40. The summed E-state index contributed by atoms with van der Waals surface area (Å²) < 4.78 is 0. The molecule has 1 saturated carbocycles. The fourth-order valence-corrected chi connectivity index (χ4v) is 4.76. The first-order valence-electron chi connectivity index (χ1n) is 10.3. The Morgan fingerprint density at radius 3 is 2.23 bits per heavy atom. The summed E-state index contributed by atoms with van der Waals surface area (Å²) >= 11 is 0. The van der Waals surface area contributed by atoms with Crippen molar-refractivity contribution in [1.82, 2.24) is 4.90 Å². The van der Waals surface area contributed by atoms with Crippen molar-refractivity contribution in [1.29, 1.82) is 0 Å². The van der Waals surface area contributed by atoms with E-state index in [9.17, 15) is 9.90 Å². The van der Waals surface area contributed by atoms with Crippen LogP contribution < -0.4 is 5.73 Å². The van der Waals surface area contributed by atoms with Crippen molar-refractivity contribution in [3.8, 4) is 0 Å². The normalized spacial score (nSPS) is 25.0. The molecule has 2 fully saturated rings. The summed E-state index contributed by atoms with van der Waals surface area (Å²) in [6.45, 7) is 6.58. The number of rotatable bonds is 8. The van der Waals surface area contributed by atoms with Crippen LogP contribution in [0.15, 0.2) is 0 Å². The van der Waals surface area contributed by atoms with Gasteiger partial charge in [0.1, 0.15) is 5.54 Å². The van der Waals surface area contributed by atoms with Gasteiger partial charge >= 0.3 is 13.1 Å². The molecule has 150 valence electrons. The molecule has 0 aromatic heterocycles. The Bertz CT molecular complexity index is 456. The quantitative estimate of drug-likeness (QED) is 0.386. The molecule has 1 unspecified atom stereocenters. The topological polar surface area (TPSA) is 107 Å². The number of unbranched alkanes of at least 4 members (excludes halogenated alkanes) is 1. The van der Waals surface area contributed by atoms with E-state index in [-0.39, 0.29) is 12.2 Å². The molecule has 1 saturated heterocycles. The van der Waals surface area contributed by atoms with Crippen LogP contribution in [0, 0.1) is 11.3 Å². The molecule has 0 amide bonds. The van der Waals surface area contributed by atoms with Gasteiger partial charge in [-0.3, -0.25) is 4.79 Å². The first-order valence-corrected chi connectivity index (χ1v) is 10.3. The molecule has 2 aliphatic rings. The molecule has 0 spiro atoms. The molecule has 2 rings (SSSR count). The molecule has 1 aliphatic carbocycles. The van der Waals surface area contributed by atoms with Crippen LogP contribution >= 0.6 is 0 Å². The van der Waals surface area contributed by atoms with E-state index in [0.29, 0.717) is 30.7 Å². The lowest BCUT2D eigenvalue weighted by Crippen LogP contribution is -2.57. The predicted octanol–water partition coefficient (Wildman–Crippen LogP) is 2.09. The first-order chi connectivity index (χ1) is 12.1. The number of nitrogens with zero attached hydrogens (tertiary/aromatic N) is 1. The molecular formula is C19H37BN2O4. The molecule has 26 heavy (non-hydrogen) atoms. The first kappa shape index (κ1) is 21.7. The fourth-order valence-electron chi connectivity index (χ4n) is 4.76. The summed E-state index contributed by atoms with van der Waals surface area (Å²) in [7, 11) is -1.32. The van der Waals surface area contributed by atoms with E-state index >= 15 is 0 Å². The highest BCUT2D eigenvalue weighted by Crippen LogP contribution is 2.39. The third-order valence-corrected chi connectivity index (χ3v) is 6.78. The molecule has 5 N–H and O–H groups in total. The minimum absolute atomic E-state index is 0.00432. The van der Waals surface area contributed by atoms with Gasteiger partial charge in [0.2, 0.25) is 0 Å². The van der Waals surface area contributed by atoms with Gasteiger partial charge in [0.05, 0.1) is 0 Å². The third-order valence-electron chi connectivity index (χ3n) is 6.78. The number of aliphatic carboxylic acids is 1. The summed E-state index contributed by atoms with van der Waals surface area (Å²) in [4.78, 5) is 14.4. The highest BCUT2D eigenvalue weighted by Gasteiger charge is 2.44. The lowest BCUT2D eigenvalue weighted by atomic mass is 9.72. The zero-order valence-electron chi connectivity index (χ0n) is 16.5. The molecule has 0 aromatic rings. The van der Waals surface area contributed by atoms with E-state index in [4.69, 9.17) is 15.8 Å². The number of likely N-dealkylation sites (tertiary alicyclic amines) is 1. The van der Waals surface area contributed by atoms with Gasteiger partial charge in [0.15, 0.2) is 0 Å². The minimum Gasteiger partial charge on any atom is -0.480 e. The average Bonchev–Trinajstić information content (AvgIpc) is 2.58. The van der Waals surface area contributed by atoms with E-state index in [1.165, 1.54) is 25.7 Å². The maximum absolute atomic E-state index is 11.9. The van der Waals surface area contributed by atoms with Crippen molar-refractivity contribution in [3.63, 3.8) is 0 Å². The average molecular weight is 368 g/mol. The zero-order valence-corrected chi connectivity index (χ0v) is 16.5. The number of hydrogen-bond donors (Lipinski definition) is 4. The van der Waals surface area contributed by atoms with Gasteiger partial charge in [-0.15, -0.1) is 0 Å². The monoisotopic (exact) mass is 368 g/mol. The number of carboxylic acids is 1. The molecule has 1 heterocycles. The Labute approximate surface area is 158 Å². The van der Waals surface area contributed by atoms with Crippen LogP contribution in [0.2, 0.25) is 6.32 Å². The van der Waals surface area contributed by atoms with Gasteiger partial charge in [-0.25, -0.2) is 0 Å². The lowest BCUT2D eigenvalue weighted by molar-refractivity contribution is -0.147. The van der Waals surface area contributed by atoms with Gasteiger partial charge in [-0.05, 0) is 75.7 Å². The SMILES string of the molecule is CC1(C)CCC(N2CCC(C(N)(CCCCB(O)O)C(=O)O)CC2)CC1. The second-order valence-electron chi connectivity index (χ2n) is 9.28. The van der Waals surface area contributed by atoms with Crippen molar-refractivity contribution < 1.29 is 19.9 Å². The van der Waals surface area contributed by atoms with Gasteiger partial charge in [-0.2, -0.15) is 0 Å². The summed E-state index contributed by atoms with van der Waals surface area (Å²) in [6.07, 6.45) is 8.56. The zero-order chi connectivity index (χ0) is 19.4. The Hall–Kier alpha value is -0.625. The Morgan fingerprint density at radius 1 is 1.15 bits per heavy atom. The Balaban J connectivity index is 1.84. The van der Waals surface area contributed by atoms with Gasteiger partial charge in [0.25, 0.3) is 0 Å². The molecular weight excluding hydrogens is 331 g/mol. The van der Waals surface area contributed by atoms with E-state index in [1.54, 1.807) is 0 Å². The summed E-state index contributed by atoms with van der Waals surface area (Å²) in [5.41, 5.74) is 5.62. The van der Waals surface area contributed by atoms with Gasteiger partial charge < -0.3 is 25.8 Å². The van der Waals surface area contributed by atoms with Crippen molar-refractivity contribution in [2.45, 2.75) is 89.5 Å². The Morgan fingerprint density at radius 2 is 1.73 bits per heavy atom. The van der Waals surface area contributed by atoms with Crippen molar-refractivity contribution in [3.05, 3.63) is 0 Å². The summed E-state index contributed by atoms with van der Waals surface area (Å²) in [5.74, 6) is -0.921. The van der Waals surface area contributed by atoms with Crippen LogP contribution in [0.3, 0.4) is 0 Å². The number of nitrogens with two attached hydrogens (primary N) is 1. The van der Waals surface area contributed by atoms with Crippen LogP contribution in [0.5, 0.6) is 0 Å². The van der Waals surface area contributed by atoms with E-state index < -0.39 is 18.6 Å². The van der Waals surface area contributed by atoms with Crippen molar-refractivity contribution in [2.75, 3.05) is 13.1 Å². The standard InChI is InChI=1S/C19H37BN2O4/c1-18(2)10-5-16(6-11-18)22-13-7-15(8-14-22)19(21,17(23)24)9-3-4-12-20(25)26/h15-16,25-26H,3-14,21H2,1-2H3,(H,23,24). The molecule has 7 heteroatoms. The van der Waals surface area contributed by atoms with Crippen LogP contribution in [-0.2, 0) is 4.79 Å². The molecule has 6 nitrogen and oxygen atoms in total. The van der Waals surface area contributed by atoms with Crippen molar-refractivity contribution >= 4 is 13.1 Å². The fraction of sp³-hybridized carbons (Fsp3) is 0.947. The second-order valence-corrected chi connectivity index (χ2v) is 9.28. The molecule has 0 radical (unpaired) electrons. The number of carboxylic acid groups (broad SMARTS) is 1. The van der Waals surface area contributed by atoms with E-state index in [2.05, 4.69) is 18.7 Å². The summed E-state index contributed by atoms with van der Waals surface area (Å²) in [5, 5.41) is 27.6. The van der Waals surface area contributed by atoms with Crippen LogP contribution in [-0.4, -0.2) is 57.8 Å². The van der Waals surface area contributed by atoms with Gasteiger partial charge in [0, 0.05) is 6.04 Å². The van der Waals surface area contributed by atoms with Crippen LogP contribution in [0.1, 0.15) is 71.6 Å². The number of piperidine rings is 1. The second kappa shape index (κ2) is 9.04. The number of hydrogen-bond acceptors (Lipinski definition) is 5. The number of carbonyl (C=O) groups is 1. The Kier molecular flexibility index (Phi) is 7.54. The molecule has 0 aromatic carbocycles. The lowest BCUT2D eigenvalue weighted by Gasteiger charge is -2.45. The smallest absolute Gasteiger partial charge is 0.451 e. The maximum atomic E-state index is 11.9. The maximum Gasteiger partial charge on any atom is 0.451 e. The van der Waals surface area contributed by atoms with Crippen molar-refractivity contribution in [2.24, 2.45) is 17.1 Å². The predicted molar refractivity (Wildman–Crippen MR) is 104 cm³/mol. The van der Waals surface area contributed by atoms with E-state index in [0.717, 1.165) is 25.9 Å². The third kappa shape index (κ3) is 5.68. The van der Waals surface area contributed by atoms with Gasteiger partial charge in [-0.1, -0.05) is 26.7 Å².